The van der Waals surface area contributed by atoms with E-state index in [1.807, 2.05) is 36.4 Å². The Morgan fingerprint density at radius 2 is 1.95 bits per heavy atom. The van der Waals surface area contributed by atoms with Crippen LogP contribution in [0.5, 0.6) is 11.5 Å². The van der Waals surface area contributed by atoms with Gasteiger partial charge in [0.05, 0.1) is 9.50 Å². The minimum atomic E-state index is 0.399. The van der Waals surface area contributed by atoms with E-state index in [0.29, 0.717) is 23.4 Å². The maximum Gasteiger partial charge on any atom is 0.150 e. The fourth-order valence-corrected chi connectivity index (χ4v) is 3.15. The number of halogens is 3. The molecular weight excluding hydrogens is 417 g/mol. The molecule has 0 saturated heterocycles. The lowest BCUT2D eigenvalue weighted by Gasteiger charge is -2.15. The zero-order valence-corrected chi connectivity index (χ0v) is 15.7. The van der Waals surface area contributed by atoms with Crippen molar-refractivity contribution in [2.45, 2.75) is 26.4 Å². The molecule has 21 heavy (non-hydrogen) atoms. The van der Waals surface area contributed by atoms with Gasteiger partial charge in [-0.25, -0.2) is 0 Å². The van der Waals surface area contributed by atoms with Gasteiger partial charge in [0.2, 0.25) is 0 Å². The first kappa shape index (κ1) is 16.8. The highest BCUT2D eigenvalue weighted by Crippen LogP contribution is 2.37. The molecule has 2 rings (SSSR count). The zero-order valence-electron chi connectivity index (χ0n) is 11.8. The van der Waals surface area contributed by atoms with Crippen molar-refractivity contribution in [2.75, 3.05) is 0 Å². The number of hydrogen-bond acceptors (Lipinski definition) is 2. The highest BCUT2D eigenvalue weighted by atomic mass is 79.9. The average molecular weight is 434 g/mol. The van der Waals surface area contributed by atoms with Crippen molar-refractivity contribution in [3.63, 3.8) is 0 Å². The van der Waals surface area contributed by atoms with Crippen molar-refractivity contribution in [1.29, 1.82) is 0 Å². The molecule has 0 aliphatic rings. The van der Waals surface area contributed by atoms with E-state index in [9.17, 15) is 0 Å². The minimum Gasteiger partial charge on any atom is -0.454 e. The van der Waals surface area contributed by atoms with E-state index < -0.39 is 0 Å². The molecule has 0 bridgehead atoms. The average Bonchev–Trinajstić information content (AvgIpc) is 2.42. The van der Waals surface area contributed by atoms with E-state index >= 15 is 0 Å². The molecule has 0 radical (unpaired) electrons. The largest absolute Gasteiger partial charge is 0.454 e. The molecule has 2 aromatic rings. The van der Waals surface area contributed by atoms with Crippen LogP contribution in [0.2, 0.25) is 5.02 Å². The number of nitrogens with one attached hydrogen (secondary N) is 1. The first-order chi connectivity index (χ1) is 9.97. The second-order valence-electron chi connectivity index (χ2n) is 4.94. The highest BCUT2D eigenvalue weighted by Gasteiger charge is 2.12. The topological polar surface area (TPSA) is 21.3 Å². The first-order valence-electron chi connectivity index (χ1n) is 6.61. The molecule has 2 aromatic carbocycles. The smallest absolute Gasteiger partial charge is 0.150 e. The molecule has 0 amide bonds. The molecule has 1 N–H and O–H groups in total. The lowest BCUT2D eigenvalue weighted by molar-refractivity contribution is 0.467. The lowest BCUT2D eigenvalue weighted by Crippen LogP contribution is -2.22. The molecule has 2 nitrogen and oxygen atoms in total. The first-order valence-corrected chi connectivity index (χ1v) is 8.57. The predicted molar refractivity (Wildman–Crippen MR) is 95.3 cm³/mol. The van der Waals surface area contributed by atoms with Crippen LogP contribution in [0.4, 0.5) is 0 Å². The molecule has 0 unspecified atom stereocenters. The van der Waals surface area contributed by atoms with Crippen LogP contribution in [0.25, 0.3) is 0 Å². The van der Waals surface area contributed by atoms with Crippen LogP contribution >= 0.6 is 43.5 Å². The summed E-state index contributed by atoms with van der Waals surface area (Å²) >= 11 is 13.2. The quantitative estimate of drug-likeness (QED) is 0.610. The van der Waals surface area contributed by atoms with Crippen molar-refractivity contribution in [3.05, 3.63) is 55.9 Å². The van der Waals surface area contributed by atoms with E-state index in [1.54, 1.807) is 0 Å². The number of benzene rings is 2. The van der Waals surface area contributed by atoms with Gasteiger partial charge < -0.3 is 10.1 Å². The summed E-state index contributed by atoms with van der Waals surface area (Å²) in [5, 5.41) is 3.99. The molecule has 0 aliphatic heterocycles. The van der Waals surface area contributed by atoms with Crippen LogP contribution in [0.15, 0.2) is 45.3 Å². The number of ether oxygens (including phenoxy) is 1. The molecule has 5 heteroatoms. The van der Waals surface area contributed by atoms with Gasteiger partial charge in [0.25, 0.3) is 0 Å². The number of para-hydroxylation sites is 1. The molecule has 0 saturated carbocycles. The van der Waals surface area contributed by atoms with Crippen LogP contribution in [-0.4, -0.2) is 6.04 Å². The Labute approximate surface area is 147 Å². The van der Waals surface area contributed by atoms with Gasteiger partial charge in [-0.1, -0.05) is 53.5 Å². The second-order valence-corrected chi connectivity index (χ2v) is 7.12. The summed E-state index contributed by atoms with van der Waals surface area (Å²) in [6.45, 7) is 4.93. The molecule has 0 aromatic heterocycles. The van der Waals surface area contributed by atoms with Gasteiger partial charge in [0, 0.05) is 22.6 Å². The van der Waals surface area contributed by atoms with Gasteiger partial charge in [-0.05, 0) is 40.2 Å². The van der Waals surface area contributed by atoms with Crippen molar-refractivity contribution < 1.29 is 4.74 Å². The molecule has 112 valence electrons. The van der Waals surface area contributed by atoms with Gasteiger partial charge in [-0.3, -0.25) is 0 Å². The van der Waals surface area contributed by atoms with E-state index in [-0.39, 0.29) is 0 Å². The van der Waals surface area contributed by atoms with Gasteiger partial charge in [0.1, 0.15) is 5.75 Å². The Hall–Kier alpha value is -0.550. The summed E-state index contributed by atoms with van der Waals surface area (Å²) in [6.07, 6.45) is 0. The van der Waals surface area contributed by atoms with Crippen molar-refractivity contribution in [2.24, 2.45) is 0 Å². The third-order valence-electron chi connectivity index (χ3n) is 2.86. The van der Waals surface area contributed by atoms with E-state index in [0.717, 1.165) is 20.3 Å². The van der Waals surface area contributed by atoms with Gasteiger partial charge in [-0.2, -0.15) is 0 Å². The Morgan fingerprint density at radius 1 is 1.19 bits per heavy atom. The summed E-state index contributed by atoms with van der Waals surface area (Å²) in [6, 6.07) is 12.0. The highest BCUT2D eigenvalue weighted by molar-refractivity contribution is 9.11. The van der Waals surface area contributed by atoms with Gasteiger partial charge in [0.15, 0.2) is 5.75 Å². The Morgan fingerprint density at radius 3 is 2.62 bits per heavy atom. The molecular formula is C16H16Br2ClNO. The van der Waals surface area contributed by atoms with Crippen molar-refractivity contribution in [1.82, 2.24) is 5.32 Å². The molecule has 0 heterocycles. The SMILES string of the molecule is CC(C)NCc1cccc(Cl)c1Oc1ccc(Br)cc1Br. The molecule has 0 fully saturated rings. The van der Waals surface area contributed by atoms with Crippen molar-refractivity contribution >= 4 is 43.5 Å². The number of rotatable bonds is 5. The third-order valence-corrected chi connectivity index (χ3v) is 4.27. The van der Waals surface area contributed by atoms with Crippen LogP contribution < -0.4 is 10.1 Å². The van der Waals surface area contributed by atoms with Crippen molar-refractivity contribution in [3.8, 4) is 11.5 Å². The minimum absolute atomic E-state index is 0.399. The number of hydrogen-bond donors (Lipinski definition) is 1. The Bertz CT molecular complexity index is 632. The normalized spacial score (nSPS) is 11.0. The van der Waals surface area contributed by atoms with E-state index in [4.69, 9.17) is 16.3 Å². The Balaban J connectivity index is 2.29. The maximum atomic E-state index is 6.30. The summed E-state index contributed by atoms with van der Waals surface area (Å²) < 4.78 is 7.88. The maximum absolute atomic E-state index is 6.30. The predicted octanol–water partition coefficient (Wildman–Crippen LogP) is 6.16. The molecule has 0 aliphatic carbocycles. The fraction of sp³-hybridized carbons (Fsp3) is 0.250. The standard InChI is InChI=1S/C16H16Br2ClNO/c1-10(2)20-9-11-4-3-5-14(19)16(11)21-15-7-6-12(17)8-13(15)18/h3-8,10,20H,9H2,1-2H3. The van der Waals surface area contributed by atoms with Crippen LogP contribution in [-0.2, 0) is 6.54 Å². The van der Waals surface area contributed by atoms with E-state index in [2.05, 4.69) is 51.0 Å². The summed E-state index contributed by atoms with van der Waals surface area (Å²) in [5.74, 6) is 1.42. The van der Waals surface area contributed by atoms with Gasteiger partial charge in [-0.15, -0.1) is 0 Å². The monoisotopic (exact) mass is 431 g/mol. The molecule has 0 atom stereocenters. The summed E-state index contributed by atoms with van der Waals surface area (Å²) in [7, 11) is 0. The Kier molecular flexibility index (Phi) is 6.11. The summed E-state index contributed by atoms with van der Waals surface area (Å²) in [4.78, 5) is 0. The van der Waals surface area contributed by atoms with Crippen LogP contribution in [0.3, 0.4) is 0 Å². The van der Waals surface area contributed by atoms with Crippen LogP contribution in [0.1, 0.15) is 19.4 Å². The fourth-order valence-electron chi connectivity index (χ4n) is 1.79. The molecule has 0 spiro atoms. The van der Waals surface area contributed by atoms with Crippen LogP contribution in [0, 0.1) is 0 Å². The van der Waals surface area contributed by atoms with Gasteiger partial charge >= 0.3 is 0 Å². The second kappa shape index (κ2) is 7.63. The van der Waals surface area contributed by atoms with E-state index in [1.165, 1.54) is 0 Å². The lowest BCUT2D eigenvalue weighted by atomic mass is 10.2. The third kappa shape index (κ3) is 4.71. The summed E-state index contributed by atoms with van der Waals surface area (Å²) in [5.41, 5.74) is 1.03. The zero-order chi connectivity index (χ0) is 15.4.